The molecule has 100 valence electrons. The summed E-state index contributed by atoms with van der Waals surface area (Å²) in [5.41, 5.74) is 4.54. The zero-order valence-electron chi connectivity index (χ0n) is 11.3. The van der Waals surface area contributed by atoms with Gasteiger partial charge in [0.2, 0.25) is 0 Å². The van der Waals surface area contributed by atoms with Crippen molar-refractivity contribution in [1.29, 1.82) is 0 Å². The van der Waals surface area contributed by atoms with E-state index >= 15 is 0 Å². The highest BCUT2D eigenvalue weighted by Crippen LogP contribution is 2.36. The summed E-state index contributed by atoms with van der Waals surface area (Å²) in [6.45, 7) is 0.735. The average Bonchev–Trinajstić information content (AvgIpc) is 3.12. The molecule has 0 saturated carbocycles. The Morgan fingerprint density at radius 1 is 1.05 bits per heavy atom. The van der Waals surface area contributed by atoms with E-state index in [-0.39, 0.29) is 11.7 Å². The highest BCUT2D eigenvalue weighted by atomic mass is 16.5. The van der Waals surface area contributed by atoms with Gasteiger partial charge in [0.1, 0.15) is 5.75 Å². The predicted molar refractivity (Wildman–Crippen MR) is 77.5 cm³/mol. The van der Waals surface area contributed by atoms with Crippen LogP contribution >= 0.6 is 0 Å². The molecular weight excluding hydrogens is 248 g/mol. The van der Waals surface area contributed by atoms with Crippen molar-refractivity contribution in [3.8, 4) is 5.75 Å². The summed E-state index contributed by atoms with van der Waals surface area (Å²) in [6, 6.07) is 14.2. The van der Waals surface area contributed by atoms with Gasteiger partial charge in [-0.25, -0.2) is 0 Å². The third-order valence-corrected chi connectivity index (χ3v) is 4.42. The van der Waals surface area contributed by atoms with Gasteiger partial charge in [0.05, 0.1) is 6.61 Å². The molecule has 2 aliphatic rings. The van der Waals surface area contributed by atoms with E-state index in [2.05, 4.69) is 18.2 Å². The monoisotopic (exact) mass is 264 g/mol. The molecule has 0 saturated heterocycles. The van der Waals surface area contributed by atoms with Crippen LogP contribution in [-0.4, -0.2) is 12.4 Å². The summed E-state index contributed by atoms with van der Waals surface area (Å²) in [5.74, 6) is 1.23. The fourth-order valence-electron chi connectivity index (χ4n) is 3.37. The van der Waals surface area contributed by atoms with Gasteiger partial charge < -0.3 is 4.74 Å². The predicted octanol–water partition coefficient (Wildman–Crippen LogP) is 3.53. The number of ketones is 1. The van der Waals surface area contributed by atoms with Gasteiger partial charge in [-0.3, -0.25) is 4.79 Å². The van der Waals surface area contributed by atoms with Crippen molar-refractivity contribution in [2.45, 2.75) is 25.2 Å². The van der Waals surface area contributed by atoms with E-state index < -0.39 is 0 Å². The second-order valence-electron chi connectivity index (χ2n) is 5.58. The Morgan fingerprint density at radius 2 is 1.95 bits per heavy atom. The van der Waals surface area contributed by atoms with E-state index in [0.717, 1.165) is 37.2 Å². The van der Waals surface area contributed by atoms with Crippen LogP contribution in [0.3, 0.4) is 0 Å². The van der Waals surface area contributed by atoms with Gasteiger partial charge in [-0.05, 0) is 47.7 Å². The lowest BCUT2D eigenvalue weighted by atomic mass is 9.91. The van der Waals surface area contributed by atoms with Crippen LogP contribution in [0.5, 0.6) is 5.75 Å². The van der Waals surface area contributed by atoms with Crippen molar-refractivity contribution in [2.24, 2.45) is 0 Å². The van der Waals surface area contributed by atoms with E-state index in [1.165, 1.54) is 16.7 Å². The van der Waals surface area contributed by atoms with Crippen LogP contribution in [0.15, 0.2) is 42.5 Å². The topological polar surface area (TPSA) is 26.3 Å². The molecule has 2 aromatic carbocycles. The van der Waals surface area contributed by atoms with Crippen LogP contribution in [0, 0.1) is 0 Å². The van der Waals surface area contributed by atoms with Gasteiger partial charge in [0.15, 0.2) is 5.78 Å². The van der Waals surface area contributed by atoms with Crippen LogP contribution in [0.25, 0.3) is 0 Å². The number of Topliss-reactive ketones (excluding diaryl/α,β-unsaturated/α-hetero) is 1. The third-order valence-electron chi connectivity index (χ3n) is 4.42. The van der Waals surface area contributed by atoms with Gasteiger partial charge in [-0.2, -0.15) is 0 Å². The molecule has 0 amide bonds. The lowest BCUT2D eigenvalue weighted by Crippen LogP contribution is -2.10. The molecular formula is C18H16O2. The number of fused-ring (bicyclic) bond motifs is 2. The quantitative estimate of drug-likeness (QED) is 0.776. The fourth-order valence-corrected chi connectivity index (χ4v) is 3.37. The number of hydrogen-bond donors (Lipinski definition) is 0. The number of ether oxygens (including phenoxy) is 1. The molecule has 1 atom stereocenters. The summed E-state index contributed by atoms with van der Waals surface area (Å²) in [6.07, 6.45) is 2.87. The molecule has 1 aliphatic heterocycles. The number of aryl methyl sites for hydroxylation is 1. The van der Waals surface area contributed by atoms with Gasteiger partial charge in [0.25, 0.3) is 0 Å². The number of hydrogen-bond acceptors (Lipinski definition) is 2. The minimum atomic E-state index is 0.0339. The summed E-state index contributed by atoms with van der Waals surface area (Å²) in [7, 11) is 0. The first-order valence-corrected chi connectivity index (χ1v) is 7.21. The molecule has 4 rings (SSSR count). The molecule has 0 aromatic heterocycles. The molecule has 2 nitrogen and oxygen atoms in total. The normalized spacial score (nSPS) is 19.3. The SMILES string of the molecule is O=C(c1ccc2c(c1)CCO2)C1CCc2ccccc21. The summed E-state index contributed by atoms with van der Waals surface area (Å²) in [5, 5.41) is 0. The summed E-state index contributed by atoms with van der Waals surface area (Å²) < 4.78 is 5.50. The molecule has 0 fully saturated rings. The number of carbonyl (C=O) groups is 1. The second-order valence-corrected chi connectivity index (χ2v) is 5.58. The van der Waals surface area contributed by atoms with Crippen LogP contribution in [0.1, 0.15) is 39.4 Å². The van der Waals surface area contributed by atoms with Crippen molar-refractivity contribution in [2.75, 3.05) is 6.61 Å². The van der Waals surface area contributed by atoms with Crippen molar-refractivity contribution in [3.05, 3.63) is 64.7 Å². The Hall–Kier alpha value is -2.09. The van der Waals surface area contributed by atoms with Crippen molar-refractivity contribution in [3.63, 3.8) is 0 Å². The van der Waals surface area contributed by atoms with Gasteiger partial charge in [0, 0.05) is 17.9 Å². The number of rotatable bonds is 2. The van der Waals surface area contributed by atoms with E-state index in [1.54, 1.807) is 0 Å². The zero-order valence-corrected chi connectivity index (χ0v) is 11.3. The Labute approximate surface area is 118 Å². The Kier molecular flexibility index (Phi) is 2.62. The van der Waals surface area contributed by atoms with Crippen molar-refractivity contribution < 1.29 is 9.53 Å². The molecule has 20 heavy (non-hydrogen) atoms. The lowest BCUT2D eigenvalue weighted by Gasteiger charge is -2.11. The van der Waals surface area contributed by atoms with Gasteiger partial charge >= 0.3 is 0 Å². The highest BCUT2D eigenvalue weighted by molar-refractivity contribution is 6.01. The van der Waals surface area contributed by atoms with Crippen LogP contribution < -0.4 is 4.74 Å². The Bertz CT molecular complexity index is 688. The number of carbonyl (C=O) groups excluding carboxylic acids is 1. The second kappa shape index (κ2) is 4.48. The smallest absolute Gasteiger partial charge is 0.170 e. The van der Waals surface area contributed by atoms with E-state index in [1.807, 2.05) is 24.3 Å². The summed E-state index contributed by atoms with van der Waals surface area (Å²) >= 11 is 0. The summed E-state index contributed by atoms with van der Waals surface area (Å²) in [4.78, 5) is 12.8. The molecule has 0 spiro atoms. The maximum Gasteiger partial charge on any atom is 0.170 e. The molecule has 0 N–H and O–H groups in total. The average molecular weight is 264 g/mol. The standard InChI is InChI=1S/C18H16O2/c19-18(14-6-8-17-13(11-14)9-10-20-17)16-7-5-12-3-1-2-4-15(12)16/h1-4,6,8,11,16H,5,7,9-10H2. The van der Waals surface area contributed by atoms with Crippen molar-refractivity contribution >= 4 is 5.78 Å². The van der Waals surface area contributed by atoms with E-state index in [4.69, 9.17) is 4.74 Å². The minimum absolute atomic E-state index is 0.0339. The first-order valence-electron chi connectivity index (χ1n) is 7.21. The lowest BCUT2D eigenvalue weighted by molar-refractivity contribution is 0.0959. The first-order chi connectivity index (χ1) is 9.83. The van der Waals surface area contributed by atoms with Crippen molar-refractivity contribution in [1.82, 2.24) is 0 Å². The zero-order chi connectivity index (χ0) is 13.5. The maximum absolute atomic E-state index is 12.8. The van der Waals surface area contributed by atoms with Gasteiger partial charge in [-0.1, -0.05) is 24.3 Å². The van der Waals surface area contributed by atoms with Crippen LogP contribution in [-0.2, 0) is 12.8 Å². The molecule has 2 aromatic rings. The largest absolute Gasteiger partial charge is 0.493 e. The highest BCUT2D eigenvalue weighted by Gasteiger charge is 2.29. The third kappa shape index (κ3) is 1.75. The molecule has 0 radical (unpaired) electrons. The molecule has 2 heteroatoms. The van der Waals surface area contributed by atoms with E-state index in [9.17, 15) is 4.79 Å². The molecule has 1 unspecified atom stereocenters. The first kappa shape index (κ1) is 11.7. The maximum atomic E-state index is 12.8. The molecule has 1 aliphatic carbocycles. The Morgan fingerprint density at radius 3 is 2.90 bits per heavy atom. The number of benzene rings is 2. The molecule has 1 heterocycles. The van der Waals surface area contributed by atoms with Crippen LogP contribution in [0.4, 0.5) is 0 Å². The van der Waals surface area contributed by atoms with Gasteiger partial charge in [-0.15, -0.1) is 0 Å². The van der Waals surface area contributed by atoms with Crippen LogP contribution in [0.2, 0.25) is 0 Å². The van der Waals surface area contributed by atoms with E-state index in [0.29, 0.717) is 0 Å². The molecule has 0 bridgehead atoms. The minimum Gasteiger partial charge on any atom is -0.493 e. The Balaban J connectivity index is 1.68. The fraction of sp³-hybridized carbons (Fsp3) is 0.278.